The van der Waals surface area contributed by atoms with Crippen LogP contribution in [0.4, 0.5) is 0 Å². The predicted molar refractivity (Wildman–Crippen MR) is 36.9 cm³/mol. The molecule has 0 saturated carbocycles. The lowest BCUT2D eigenvalue weighted by Gasteiger charge is -1.88. The molecule has 0 aliphatic rings. The summed E-state index contributed by atoms with van der Waals surface area (Å²) in [6.45, 7) is 3.31. The summed E-state index contributed by atoms with van der Waals surface area (Å²) in [5, 5.41) is 0. The van der Waals surface area contributed by atoms with Crippen LogP contribution in [0.5, 0.6) is 0 Å². The Morgan fingerprint density at radius 1 is 1.11 bits per heavy atom. The monoisotopic (exact) mass is 122 g/mol. The predicted octanol–water partition coefficient (Wildman–Crippen LogP) is 1.38. The zero-order valence-electron chi connectivity index (χ0n) is 5.75. The second kappa shape index (κ2) is 3.23. The van der Waals surface area contributed by atoms with Crippen LogP contribution in [0.2, 0.25) is 0 Å². The van der Waals surface area contributed by atoms with Crippen molar-refractivity contribution in [3.63, 3.8) is 0 Å². The normalized spacial score (nSPS) is 9.44. The Balaban J connectivity index is 2.61. The maximum absolute atomic E-state index is 2.18. The van der Waals surface area contributed by atoms with Gasteiger partial charge in [-0.25, -0.2) is 4.57 Å². The van der Waals surface area contributed by atoms with E-state index < -0.39 is 0 Å². The van der Waals surface area contributed by atoms with Crippen molar-refractivity contribution in [2.75, 3.05) is 0 Å². The Kier molecular flexibility index (Phi) is 2.25. The summed E-state index contributed by atoms with van der Waals surface area (Å²) < 4.78 is 2.18. The Labute approximate surface area is 56.0 Å². The van der Waals surface area contributed by atoms with Gasteiger partial charge in [-0.1, -0.05) is 13.0 Å². The number of pyridine rings is 1. The standard InChI is InChI=1S/C8H12N/c1-2-6-9-7-4-3-5-8-9/h3-5,7-8H,2,6H2,1H3/q+1. The summed E-state index contributed by atoms with van der Waals surface area (Å²) in [5.74, 6) is 0. The largest absolute Gasteiger partial charge is 0.205 e. The summed E-state index contributed by atoms with van der Waals surface area (Å²) in [7, 11) is 0. The highest BCUT2D eigenvalue weighted by molar-refractivity contribution is 4.83. The third-order valence-corrected chi connectivity index (χ3v) is 1.26. The van der Waals surface area contributed by atoms with E-state index in [1.807, 2.05) is 6.07 Å². The summed E-state index contributed by atoms with van der Waals surface area (Å²) in [6, 6.07) is 6.14. The Hall–Kier alpha value is -0.850. The SMILES string of the molecule is CCC[n+]1ccccc1. The first kappa shape index (κ1) is 6.27. The van der Waals surface area contributed by atoms with Gasteiger partial charge in [-0.2, -0.15) is 0 Å². The molecule has 1 rings (SSSR count). The van der Waals surface area contributed by atoms with E-state index >= 15 is 0 Å². The molecular formula is C8H12N+. The van der Waals surface area contributed by atoms with Gasteiger partial charge in [0, 0.05) is 18.6 Å². The lowest BCUT2D eigenvalue weighted by Crippen LogP contribution is -2.31. The molecule has 0 radical (unpaired) electrons. The maximum atomic E-state index is 2.18. The minimum absolute atomic E-state index is 1.13. The number of aromatic nitrogens is 1. The molecule has 0 N–H and O–H groups in total. The van der Waals surface area contributed by atoms with Gasteiger partial charge in [0.2, 0.25) is 0 Å². The van der Waals surface area contributed by atoms with E-state index in [1.165, 1.54) is 6.42 Å². The van der Waals surface area contributed by atoms with Crippen LogP contribution in [0.3, 0.4) is 0 Å². The summed E-state index contributed by atoms with van der Waals surface area (Å²) in [6.07, 6.45) is 5.38. The van der Waals surface area contributed by atoms with Crippen molar-refractivity contribution in [3.8, 4) is 0 Å². The second-order valence-electron chi connectivity index (χ2n) is 2.11. The molecule has 1 nitrogen and oxygen atoms in total. The fourth-order valence-electron chi connectivity index (χ4n) is 0.842. The lowest BCUT2D eigenvalue weighted by atomic mass is 10.4. The molecule has 0 fully saturated rings. The van der Waals surface area contributed by atoms with Crippen LogP contribution >= 0.6 is 0 Å². The van der Waals surface area contributed by atoms with Gasteiger partial charge >= 0.3 is 0 Å². The van der Waals surface area contributed by atoms with Gasteiger partial charge in [0.15, 0.2) is 12.4 Å². The summed E-state index contributed by atoms with van der Waals surface area (Å²) >= 11 is 0. The van der Waals surface area contributed by atoms with Crippen LogP contribution in [-0.4, -0.2) is 0 Å². The van der Waals surface area contributed by atoms with Gasteiger partial charge in [0.25, 0.3) is 0 Å². The smallest absolute Gasteiger partial charge is 0.168 e. The molecule has 0 aliphatic heterocycles. The zero-order chi connectivity index (χ0) is 6.53. The number of aryl methyl sites for hydroxylation is 1. The van der Waals surface area contributed by atoms with Gasteiger partial charge in [-0.3, -0.25) is 0 Å². The maximum Gasteiger partial charge on any atom is 0.168 e. The average molecular weight is 122 g/mol. The van der Waals surface area contributed by atoms with Crippen LogP contribution in [0.1, 0.15) is 13.3 Å². The molecule has 0 saturated heterocycles. The van der Waals surface area contributed by atoms with E-state index in [4.69, 9.17) is 0 Å². The summed E-state index contributed by atoms with van der Waals surface area (Å²) in [4.78, 5) is 0. The molecule has 0 bridgehead atoms. The van der Waals surface area contributed by atoms with Crippen molar-refractivity contribution >= 4 is 0 Å². The van der Waals surface area contributed by atoms with E-state index in [1.54, 1.807) is 0 Å². The first-order valence-corrected chi connectivity index (χ1v) is 3.37. The topological polar surface area (TPSA) is 3.88 Å². The van der Waals surface area contributed by atoms with Crippen LogP contribution in [0, 0.1) is 0 Å². The van der Waals surface area contributed by atoms with Crippen molar-refractivity contribution in [2.24, 2.45) is 0 Å². The molecule has 1 heteroatoms. The van der Waals surface area contributed by atoms with Crippen LogP contribution in [0.15, 0.2) is 30.6 Å². The molecule has 0 atom stereocenters. The Morgan fingerprint density at radius 2 is 1.78 bits per heavy atom. The van der Waals surface area contributed by atoms with Gasteiger partial charge < -0.3 is 0 Å². The van der Waals surface area contributed by atoms with E-state index in [0.717, 1.165) is 6.54 Å². The molecular weight excluding hydrogens is 110 g/mol. The first-order valence-electron chi connectivity index (χ1n) is 3.37. The molecule has 48 valence electrons. The van der Waals surface area contributed by atoms with Crippen molar-refractivity contribution in [2.45, 2.75) is 19.9 Å². The highest BCUT2D eigenvalue weighted by atomic mass is 14.9. The minimum atomic E-state index is 1.13. The second-order valence-corrected chi connectivity index (χ2v) is 2.11. The Morgan fingerprint density at radius 3 is 2.33 bits per heavy atom. The highest BCUT2D eigenvalue weighted by Gasteiger charge is 1.90. The molecule has 0 aromatic carbocycles. The fraction of sp³-hybridized carbons (Fsp3) is 0.375. The van der Waals surface area contributed by atoms with E-state index in [0.29, 0.717) is 0 Å². The quantitative estimate of drug-likeness (QED) is 0.522. The number of rotatable bonds is 2. The average Bonchev–Trinajstić information content (AvgIpc) is 1.91. The molecule has 0 spiro atoms. The molecule has 1 aromatic heterocycles. The molecule has 9 heavy (non-hydrogen) atoms. The molecule has 0 aliphatic carbocycles. The van der Waals surface area contributed by atoms with Gasteiger partial charge in [-0.05, 0) is 0 Å². The van der Waals surface area contributed by atoms with E-state index in [2.05, 4.69) is 36.0 Å². The number of nitrogens with zero attached hydrogens (tertiary/aromatic N) is 1. The van der Waals surface area contributed by atoms with Crippen molar-refractivity contribution in [1.29, 1.82) is 0 Å². The summed E-state index contributed by atoms with van der Waals surface area (Å²) in [5.41, 5.74) is 0. The zero-order valence-corrected chi connectivity index (χ0v) is 5.75. The van der Waals surface area contributed by atoms with Gasteiger partial charge in [0.05, 0.1) is 0 Å². The molecule has 0 unspecified atom stereocenters. The van der Waals surface area contributed by atoms with Crippen molar-refractivity contribution in [3.05, 3.63) is 30.6 Å². The third-order valence-electron chi connectivity index (χ3n) is 1.26. The highest BCUT2D eigenvalue weighted by Crippen LogP contribution is 1.78. The van der Waals surface area contributed by atoms with Crippen molar-refractivity contribution < 1.29 is 4.57 Å². The van der Waals surface area contributed by atoms with E-state index in [9.17, 15) is 0 Å². The van der Waals surface area contributed by atoms with E-state index in [-0.39, 0.29) is 0 Å². The Bertz CT molecular complexity index is 157. The van der Waals surface area contributed by atoms with Gasteiger partial charge in [0.1, 0.15) is 6.54 Å². The third kappa shape index (κ3) is 1.84. The molecule has 1 heterocycles. The lowest BCUT2D eigenvalue weighted by molar-refractivity contribution is -0.697. The van der Waals surface area contributed by atoms with Crippen LogP contribution in [0.25, 0.3) is 0 Å². The van der Waals surface area contributed by atoms with Crippen LogP contribution in [-0.2, 0) is 6.54 Å². The molecule has 1 aromatic rings. The number of hydrogen-bond donors (Lipinski definition) is 0. The van der Waals surface area contributed by atoms with Gasteiger partial charge in [-0.15, -0.1) is 0 Å². The molecule has 0 amide bonds. The fourth-order valence-corrected chi connectivity index (χ4v) is 0.842. The van der Waals surface area contributed by atoms with Crippen molar-refractivity contribution in [1.82, 2.24) is 0 Å². The first-order chi connectivity index (χ1) is 4.43. The number of hydrogen-bond acceptors (Lipinski definition) is 0. The van der Waals surface area contributed by atoms with Crippen LogP contribution < -0.4 is 4.57 Å². The minimum Gasteiger partial charge on any atom is -0.205 e.